The first kappa shape index (κ1) is 24.9. The second-order valence-corrected chi connectivity index (χ2v) is 12.0. The zero-order chi connectivity index (χ0) is 24.6. The second kappa shape index (κ2) is 10.3. The molecular weight excluding hydrogens is 499 g/mol. The van der Waals surface area contributed by atoms with Gasteiger partial charge in [0.1, 0.15) is 0 Å². The molecule has 3 aliphatic heterocycles. The van der Waals surface area contributed by atoms with E-state index in [1.54, 1.807) is 17.5 Å². The van der Waals surface area contributed by atoms with E-state index < -0.39 is 12.8 Å². The number of thiazole rings is 2. The molecule has 0 aliphatic carbocycles. The van der Waals surface area contributed by atoms with Crippen LogP contribution in [-0.2, 0) is 24.2 Å². The van der Waals surface area contributed by atoms with E-state index in [-0.39, 0.29) is 17.1 Å². The highest BCUT2D eigenvalue weighted by molar-refractivity contribution is 7.13. The summed E-state index contributed by atoms with van der Waals surface area (Å²) in [6.45, 7) is 4.06. The maximum atomic E-state index is 12.5. The number of hydrogen-bond acceptors (Lipinski definition) is 8. The van der Waals surface area contributed by atoms with Crippen LogP contribution in [0.15, 0.2) is 6.20 Å². The van der Waals surface area contributed by atoms with Crippen LogP contribution >= 0.6 is 22.7 Å². The van der Waals surface area contributed by atoms with Gasteiger partial charge in [-0.15, -0.1) is 11.3 Å². The molecule has 0 aromatic carbocycles. The van der Waals surface area contributed by atoms with Crippen molar-refractivity contribution in [3.8, 4) is 5.19 Å². The normalized spacial score (nSPS) is 25.0. The summed E-state index contributed by atoms with van der Waals surface area (Å²) in [5.74, 6) is 0.0810. The molecule has 0 saturated carbocycles. The van der Waals surface area contributed by atoms with Crippen LogP contribution < -0.4 is 10.1 Å². The summed E-state index contributed by atoms with van der Waals surface area (Å²) >= 11 is 2.81. The summed E-state index contributed by atoms with van der Waals surface area (Å²) in [5, 5.41) is 4.34. The first-order valence-electron chi connectivity index (χ1n) is 12.1. The van der Waals surface area contributed by atoms with E-state index in [0.717, 1.165) is 59.4 Å². The lowest BCUT2D eigenvalue weighted by molar-refractivity contribution is -0.153. The van der Waals surface area contributed by atoms with Crippen molar-refractivity contribution in [2.45, 2.75) is 76.3 Å². The maximum absolute atomic E-state index is 12.5. The average molecular weight is 530 g/mol. The third kappa shape index (κ3) is 6.33. The van der Waals surface area contributed by atoms with Crippen LogP contribution in [0.4, 0.5) is 13.2 Å². The quantitative estimate of drug-likeness (QED) is 0.564. The van der Waals surface area contributed by atoms with E-state index in [2.05, 4.69) is 25.1 Å². The van der Waals surface area contributed by atoms with Gasteiger partial charge in [0.05, 0.1) is 17.1 Å². The Bertz CT molecular complexity index is 1030. The van der Waals surface area contributed by atoms with Crippen molar-refractivity contribution in [1.82, 2.24) is 25.1 Å². The topological polar surface area (TPSA) is 70.6 Å². The fraction of sp³-hybridized carbons (Fsp3) is 0.696. The SMILES string of the molecule is Cc1ncc(CC(=O)NC2CC3CCC(C2)N3CCN2CCc3sc(OCC(F)(F)F)nc3C2)s1. The van der Waals surface area contributed by atoms with E-state index in [0.29, 0.717) is 25.0 Å². The Morgan fingerprint density at radius 3 is 2.69 bits per heavy atom. The summed E-state index contributed by atoms with van der Waals surface area (Å²) in [4.78, 5) is 28.0. The molecule has 192 valence electrons. The minimum atomic E-state index is -4.35. The van der Waals surface area contributed by atoms with Gasteiger partial charge in [-0.3, -0.25) is 14.6 Å². The van der Waals surface area contributed by atoms with Crippen molar-refractivity contribution >= 4 is 28.6 Å². The predicted molar refractivity (Wildman–Crippen MR) is 128 cm³/mol. The number of piperidine rings is 1. The van der Waals surface area contributed by atoms with E-state index in [4.69, 9.17) is 4.74 Å². The molecule has 5 rings (SSSR count). The van der Waals surface area contributed by atoms with Gasteiger partial charge in [-0.05, 0) is 39.0 Å². The van der Waals surface area contributed by atoms with Crippen molar-refractivity contribution in [2.24, 2.45) is 0 Å². The molecule has 12 heteroatoms. The number of nitrogens with zero attached hydrogens (tertiary/aromatic N) is 4. The minimum absolute atomic E-state index is 0.0810. The van der Waals surface area contributed by atoms with Crippen LogP contribution in [0.2, 0.25) is 0 Å². The molecule has 2 unspecified atom stereocenters. The van der Waals surface area contributed by atoms with Crippen LogP contribution in [0.5, 0.6) is 5.19 Å². The highest BCUT2D eigenvalue weighted by atomic mass is 32.1. The van der Waals surface area contributed by atoms with Crippen molar-refractivity contribution in [3.63, 3.8) is 0 Å². The first-order chi connectivity index (χ1) is 16.7. The minimum Gasteiger partial charge on any atom is -0.460 e. The lowest BCUT2D eigenvalue weighted by atomic mass is 9.97. The molecule has 2 aromatic rings. The van der Waals surface area contributed by atoms with Gasteiger partial charge < -0.3 is 10.1 Å². The number of alkyl halides is 3. The van der Waals surface area contributed by atoms with Crippen LogP contribution in [0.3, 0.4) is 0 Å². The van der Waals surface area contributed by atoms with Gasteiger partial charge in [0, 0.05) is 60.3 Å². The van der Waals surface area contributed by atoms with Crippen molar-refractivity contribution < 1.29 is 22.7 Å². The number of halogens is 3. The molecule has 0 radical (unpaired) electrons. The number of ether oxygens (including phenoxy) is 1. The lowest BCUT2D eigenvalue weighted by Gasteiger charge is -2.40. The van der Waals surface area contributed by atoms with Gasteiger partial charge >= 0.3 is 6.18 Å². The summed E-state index contributed by atoms with van der Waals surface area (Å²) in [7, 11) is 0. The number of carbonyl (C=O) groups excluding carboxylic acids is 1. The Morgan fingerprint density at radius 1 is 1.23 bits per heavy atom. The van der Waals surface area contributed by atoms with Crippen molar-refractivity contribution in [2.75, 3.05) is 26.2 Å². The van der Waals surface area contributed by atoms with Crippen LogP contribution in [0.25, 0.3) is 0 Å². The molecule has 7 nitrogen and oxygen atoms in total. The number of rotatable bonds is 8. The van der Waals surface area contributed by atoms with E-state index in [9.17, 15) is 18.0 Å². The molecule has 5 heterocycles. The average Bonchev–Trinajstić information content (AvgIpc) is 3.45. The van der Waals surface area contributed by atoms with Gasteiger partial charge in [0.25, 0.3) is 5.19 Å². The summed E-state index contributed by atoms with van der Waals surface area (Å²) in [6, 6.07) is 1.21. The Balaban J connectivity index is 1.08. The largest absolute Gasteiger partial charge is 0.460 e. The zero-order valence-electron chi connectivity index (χ0n) is 19.6. The highest BCUT2D eigenvalue weighted by Gasteiger charge is 2.41. The first-order valence-corrected chi connectivity index (χ1v) is 13.7. The van der Waals surface area contributed by atoms with E-state index >= 15 is 0 Å². The van der Waals surface area contributed by atoms with E-state index in [1.807, 2.05) is 6.92 Å². The number of amides is 1. The molecule has 2 saturated heterocycles. The van der Waals surface area contributed by atoms with Crippen LogP contribution in [-0.4, -0.2) is 76.2 Å². The lowest BCUT2D eigenvalue weighted by Crippen LogP contribution is -2.52. The standard InChI is InChI=1S/C23H30F3N5O2S2/c1-14-27-11-18(34-14)10-21(32)28-15-8-16-2-3-17(9-15)31(16)7-6-30-5-4-20-19(12-30)29-22(35-20)33-13-23(24,25)26/h11,15-17H,2-10,12-13H2,1H3,(H,28,32). The number of carbonyl (C=O) groups is 1. The zero-order valence-corrected chi connectivity index (χ0v) is 21.3. The smallest absolute Gasteiger partial charge is 0.422 e. The van der Waals surface area contributed by atoms with Gasteiger partial charge in [0.2, 0.25) is 5.91 Å². The molecule has 2 fully saturated rings. The van der Waals surface area contributed by atoms with Crippen LogP contribution in [0.1, 0.15) is 46.1 Å². The third-order valence-electron chi connectivity index (χ3n) is 7.07. The fourth-order valence-electron chi connectivity index (χ4n) is 5.56. The monoisotopic (exact) mass is 529 g/mol. The summed E-state index contributed by atoms with van der Waals surface area (Å²) in [6.07, 6.45) is 2.94. The molecule has 0 spiro atoms. The highest BCUT2D eigenvalue weighted by Crippen LogP contribution is 2.36. The molecule has 35 heavy (non-hydrogen) atoms. The number of aryl methyl sites for hydroxylation is 1. The number of aromatic nitrogens is 2. The molecule has 2 atom stereocenters. The van der Waals surface area contributed by atoms with Gasteiger partial charge in [0.15, 0.2) is 6.61 Å². The van der Waals surface area contributed by atoms with Crippen molar-refractivity contribution in [1.29, 1.82) is 0 Å². The van der Waals surface area contributed by atoms with Gasteiger partial charge in [-0.2, -0.15) is 13.2 Å². The fourth-order valence-corrected chi connectivity index (χ4v) is 7.26. The molecule has 2 bridgehead atoms. The number of nitrogens with one attached hydrogen (secondary N) is 1. The number of hydrogen-bond donors (Lipinski definition) is 1. The summed E-state index contributed by atoms with van der Waals surface area (Å²) in [5.41, 5.74) is 0.846. The predicted octanol–water partition coefficient (Wildman–Crippen LogP) is 3.56. The Hall–Kier alpha value is -1.76. The van der Waals surface area contributed by atoms with Gasteiger partial charge in [-0.25, -0.2) is 9.97 Å². The molecule has 2 aromatic heterocycles. The molecule has 1 amide bonds. The Morgan fingerprint density at radius 2 is 2.00 bits per heavy atom. The maximum Gasteiger partial charge on any atom is 0.422 e. The van der Waals surface area contributed by atoms with Crippen molar-refractivity contribution in [3.05, 3.63) is 26.7 Å². The second-order valence-electron chi connectivity index (χ2n) is 9.66. The third-order valence-corrected chi connectivity index (χ3v) is 9.06. The molecule has 3 aliphatic rings. The molecular formula is C23H30F3N5O2S2. The summed E-state index contributed by atoms with van der Waals surface area (Å²) < 4.78 is 42.1. The van der Waals surface area contributed by atoms with Crippen LogP contribution in [0, 0.1) is 6.92 Å². The Kier molecular flexibility index (Phi) is 7.34. The van der Waals surface area contributed by atoms with Gasteiger partial charge in [-0.1, -0.05) is 11.3 Å². The molecule has 1 N–H and O–H groups in total. The number of fused-ring (bicyclic) bond motifs is 3. The Labute approximate surface area is 210 Å². The van der Waals surface area contributed by atoms with E-state index in [1.165, 1.54) is 24.2 Å².